The van der Waals surface area contributed by atoms with Crippen molar-refractivity contribution in [2.24, 2.45) is 5.73 Å². The van der Waals surface area contributed by atoms with Gasteiger partial charge in [-0.15, -0.1) is 0 Å². The molecule has 1 rings (SSSR count). The number of esters is 1. The molecule has 1 atom stereocenters. The van der Waals surface area contributed by atoms with Gasteiger partial charge >= 0.3 is 5.97 Å². The molecule has 0 spiro atoms. The van der Waals surface area contributed by atoms with Gasteiger partial charge in [-0.2, -0.15) is 0 Å². The van der Waals surface area contributed by atoms with Crippen molar-refractivity contribution in [2.75, 3.05) is 6.61 Å². The lowest BCUT2D eigenvalue weighted by molar-refractivity contribution is -0.159. The van der Waals surface area contributed by atoms with Gasteiger partial charge in [0.25, 0.3) is 0 Å². The highest BCUT2D eigenvalue weighted by Crippen LogP contribution is 2.12. The second kappa shape index (κ2) is 7.92. The molecule has 0 aliphatic heterocycles. The van der Waals surface area contributed by atoms with Gasteiger partial charge in [-0.25, -0.2) is 4.79 Å². The molecule has 0 saturated heterocycles. The molecule has 0 saturated carbocycles. The van der Waals surface area contributed by atoms with E-state index in [1.807, 2.05) is 38.1 Å². The molecule has 19 heavy (non-hydrogen) atoms. The number of benzene rings is 1. The van der Waals surface area contributed by atoms with E-state index in [1.165, 1.54) is 0 Å². The number of hydrogen-bond acceptors (Lipinski definition) is 4. The fourth-order valence-corrected chi connectivity index (χ4v) is 1.85. The fourth-order valence-electron chi connectivity index (χ4n) is 1.85. The van der Waals surface area contributed by atoms with Crippen molar-refractivity contribution in [1.82, 2.24) is 0 Å². The normalized spacial score (nSPS) is 12.5. The summed E-state index contributed by atoms with van der Waals surface area (Å²) in [6.07, 6.45) is -0.0785. The molecule has 0 bridgehead atoms. The predicted molar refractivity (Wildman–Crippen MR) is 74.7 cm³/mol. The van der Waals surface area contributed by atoms with Crippen LogP contribution in [-0.2, 0) is 27.2 Å². The Morgan fingerprint density at radius 3 is 2.58 bits per heavy atom. The lowest BCUT2D eigenvalue weighted by Crippen LogP contribution is -2.31. The van der Waals surface area contributed by atoms with Gasteiger partial charge in [0.15, 0.2) is 6.10 Å². The summed E-state index contributed by atoms with van der Waals surface area (Å²) in [6, 6.07) is 7.87. The van der Waals surface area contributed by atoms with Gasteiger partial charge in [0.2, 0.25) is 0 Å². The highest BCUT2D eigenvalue weighted by atomic mass is 16.6. The summed E-state index contributed by atoms with van der Waals surface area (Å²) in [5, 5.41) is 0. The van der Waals surface area contributed by atoms with Crippen LogP contribution in [0.4, 0.5) is 0 Å². The van der Waals surface area contributed by atoms with E-state index in [4.69, 9.17) is 15.2 Å². The smallest absolute Gasteiger partial charge is 0.335 e. The first-order valence-corrected chi connectivity index (χ1v) is 6.66. The summed E-state index contributed by atoms with van der Waals surface area (Å²) in [7, 11) is 0. The Hall–Kier alpha value is -1.39. The molecule has 106 valence electrons. The third kappa shape index (κ3) is 5.41. The Kier molecular flexibility index (Phi) is 6.53. The molecule has 1 unspecified atom stereocenters. The van der Waals surface area contributed by atoms with Crippen LogP contribution >= 0.6 is 0 Å². The molecule has 0 aromatic heterocycles. The van der Waals surface area contributed by atoms with Gasteiger partial charge in [0.1, 0.15) is 0 Å². The standard InChI is InChI=1S/C15H23NO3/c1-4-18-15(17)14(19-11(2)3)9-12-6-5-7-13(8-12)10-16/h5-8,11,14H,4,9-10,16H2,1-3H3. The molecule has 4 heteroatoms. The number of rotatable bonds is 7. The molecule has 1 aromatic carbocycles. The summed E-state index contributed by atoms with van der Waals surface area (Å²) >= 11 is 0. The molecule has 4 nitrogen and oxygen atoms in total. The van der Waals surface area contributed by atoms with E-state index in [9.17, 15) is 4.79 Å². The molecule has 2 N–H and O–H groups in total. The monoisotopic (exact) mass is 265 g/mol. The first-order chi connectivity index (χ1) is 9.06. The van der Waals surface area contributed by atoms with E-state index >= 15 is 0 Å². The first-order valence-electron chi connectivity index (χ1n) is 6.66. The average Bonchev–Trinajstić information content (AvgIpc) is 2.38. The Balaban J connectivity index is 2.77. The minimum Gasteiger partial charge on any atom is -0.464 e. The predicted octanol–water partition coefficient (Wildman–Crippen LogP) is 2.04. The Labute approximate surface area is 114 Å². The van der Waals surface area contributed by atoms with E-state index in [1.54, 1.807) is 6.92 Å². The lowest BCUT2D eigenvalue weighted by atomic mass is 10.0. The van der Waals surface area contributed by atoms with Gasteiger partial charge in [-0.05, 0) is 31.9 Å². The molecule has 0 aliphatic carbocycles. The largest absolute Gasteiger partial charge is 0.464 e. The summed E-state index contributed by atoms with van der Waals surface area (Å²) < 4.78 is 10.7. The molecule has 1 aromatic rings. The van der Waals surface area contributed by atoms with Crippen LogP contribution in [0.15, 0.2) is 24.3 Å². The second-order valence-electron chi connectivity index (χ2n) is 4.65. The van der Waals surface area contributed by atoms with Crippen molar-refractivity contribution < 1.29 is 14.3 Å². The van der Waals surface area contributed by atoms with Gasteiger partial charge in [-0.1, -0.05) is 24.3 Å². The molecule has 0 aliphatic rings. The van der Waals surface area contributed by atoms with Crippen molar-refractivity contribution in [3.63, 3.8) is 0 Å². The molecule has 0 radical (unpaired) electrons. The van der Waals surface area contributed by atoms with E-state index in [-0.39, 0.29) is 12.1 Å². The summed E-state index contributed by atoms with van der Waals surface area (Å²) in [5.41, 5.74) is 7.69. The Bertz CT molecular complexity index is 404. The van der Waals surface area contributed by atoms with Crippen molar-refractivity contribution in [1.29, 1.82) is 0 Å². The topological polar surface area (TPSA) is 61.5 Å². The summed E-state index contributed by atoms with van der Waals surface area (Å²) in [5.74, 6) is -0.311. The van der Waals surface area contributed by atoms with Gasteiger partial charge < -0.3 is 15.2 Å². The van der Waals surface area contributed by atoms with Crippen molar-refractivity contribution >= 4 is 5.97 Å². The highest BCUT2D eigenvalue weighted by molar-refractivity contribution is 5.75. The number of carbonyl (C=O) groups excluding carboxylic acids is 1. The first kappa shape index (κ1) is 15.7. The summed E-state index contributed by atoms with van der Waals surface area (Å²) in [4.78, 5) is 11.9. The molecular formula is C15H23NO3. The Morgan fingerprint density at radius 2 is 2.00 bits per heavy atom. The van der Waals surface area contributed by atoms with Crippen LogP contribution in [0, 0.1) is 0 Å². The Morgan fingerprint density at radius 1 is 1.32 bits per heavy atom. The summed E-state index contributed by atoms with van der Waals surface area (Å²) in [6.45, 7) is 6.45. The zero-order chi connectivity index (χ0) is 14.3. The van der Waals surface area contributed by atoms with Crippen LogP contribution in [0.2, 0.25) is 0 Å². The van der Waals surface area contributed by atoms with E-state index in [0.717, 1.165) is 11.1 Å². The average molecular weight is 265 g/mol. The van der Waals surface area contributed by atoms with Gasteiger partial charge in [0.05, 0.1) is 12.7 Å². The minimum absolute atomic E-state index is 0.0212. The molecular weight excluding hydrogens is 242 g/mol. The highest BCUT2D eigenvalue weighted by Gasteiger charge is 2.22. The SMILES string of the molecule is CCOC(=O)C(Cc1cccc(CN)c1)OC(C)C. The maximum Gasteiger partial charge on any atom is 0.335 e. The molecule has 0 heterocycles. The van der Waals surface area contributed by atoms with Crippen LogP contribution in [0.25, 0.3) is 0 Å². The minimum atomic E-state index is -0.562. The van der Waals surface area contributed by atoms with E-state index in [2.05, 4.69) is 0 Å². The number of carbonyl (C=O) groups is 1. The van der Waals surface area contributed by atoms with Crippen LogP contribution in [0.3, 0.4) is 0 Å². The maximum atomic E-state index is 11.9. The zero-order valence-electron chi connectivity index (χ0n) is 11.9. The van der Waals surface area contributed by atoms with Crippen LogP contribution in [0.1, 0.15) is 31.9 Å². The quantitative estimate of drug-likeness (QED) is 0.766. The third-order valence-electron chi connectivity index (χ3n) is 2.63. The van der Waals surface area contributed by atoms with Crippen LogP contribution in [0.5, 0.6) is 0 Å². The van der Waals surface area contributed by atoms with Gasteiger partial charge in [0, 0.05) is 13.0 Å². The molecule has 0 amide bonds. The van der Waals surface area contributed by atoms with E-state index in [0.29, 0.717) is 19.6 Å². The van der Waals surface area contributed by atoms with Crippen molar-refractivity contribution in [3.8, 4) is 0 Å². The number of ether oxygens (including phenoxy) is 2. The van der Waals surface area contributed by atoms with Crippen molar-refractivity contribution in [2.45, 2.75) is 45.9 Å². The van der Waals surface area contributed by atoms with Crippen LogP contribution < -0.4 is 5.73 Å². The van der Waals surface area contributed by atoms with Crippen molar-refractivity contribution in [3.05, 3.63) is 35.4 Å². The van der Waals surface area contributed by atoms with Gasteiger partial charge in [-0.3, -0.25) is 0 Å². The van der Waals surface area contributed by atoms with E-state index < -0.39 is 6.10 Å². The zero-order valence-corrected chi connectivity index (χ0v) is 11.9. The molecule has 0 fully saturated rings. The third-order valence-corrected chi connectivity index (χ3v) is 2.63. The lowest BCUT2D eigenvalue weighted by Gasteiger charge is -2.19. The van der Waals surface area contributed by atoms with Crippen LogP contribution in [-0.4, -0.2) is 24.8 Å². The maximum absolute atomic E-state index is 11.9. The number of nitrogens with two attached hydrogens (primary N) is 1. The number of hydrogen-bond donors (Lipinski definition) is 1. The second-order valence-corrected chi connectivity index (χ2v) is 4.65. The fraction of sp³-hybridized carbons (Fsp3) is 0.533.